The van der Waals surface area contributed by atoms with Crippen LogP contribution in [-0.4, -0.2) is 26.0 Å². The van der Waals surface area contributed by atoms with Crippen LogP contribution in [0.2, 0.25) is 0 Å². The standard InChI is InChI=1S/C6H10O5/c1-2-3-10-6(8)11-5-9-4-7/h4H,2-3,5H2,1H3. The molecule has 0 radical (unpaired) electrons. The van der Waals surface area contributed by atoms with E-state index in [4.69, 9.17) is 0 Å². The highest BCUT2D eigenvalue weighted by atomic mass is 16.8. The summed E-state index contributed by atoms with van der Waals surface area (Å²) in [5.74, 6) is 0. The second kappa shape index (κ2) is 6.85. The van der Waals surface area contributed by atoms with Crippen molar-refractivity contribution >= 4 is 12.6 Å². The molecule has 0 fully saturated rings. The molecule has 0 unspecified atom stereocenters. The lowest BCUT2D eigenvalue weighted by Gasteiger charge is -2.02. The van der Waals surface area contributed by atoms with Gasteiger partial charge in [-0.2, -0.15) is 0 Å². The maximum Gasteiger partial charge on any atom is 0.511 e. The summed E-state index contributed by atoms with van der Waals surface area (Å²) in [6.45, 7) is 1.95. The monoisotopic (exact) mass is 162 g/mol. The smallest absolute Gasteiger partial charge is 0.434 e. The summed E-state index contributed by atoms with van der Waals surface area (Å²) in [4.78, 5) is 20.0. The average Bonchev–Trinajstić information content (AvgIpc) is 2.01. The van der Waals surface area contributed by atoms with E-state index in [9.17, 15) is 9.59 Å². The molecule has 5 heteroatoms. The van der Waals surface area contributed by atoms with Gasteiger partial charge >= 0.3 is 6.16 Å². The molecule has 11 heavy (non-hydrogen) atoms. The second-order valence-corrected chi connectivity index (χ2v) is 1.62. The van der Waals surface area contributed by atoms with Gasteiger partial charge in [-0.25, -0.2) is 4.79 Å². The third-order valence-electron chi connectivity index (χ3n) is 0.737. The highest BCUT2D eigenvalue weighted by Crippen LogP contribution is 1.86. The van der Waals surface area contributed by atoms with Crippen LogP contribution in [0.4, 0.5) is 4.79 Å². The quantitative estimate of drug-likeness (QED) is 0.257. The molecule has 0 aromatic rings. The van der Waals surface area contributed by atoms with Crippen molar-refractivity contribution in [3.8, 4) is 0 Å². The molecule has 0 amide bonds. The molecule has 0 aliphatic carbocycles. The van der Waals surface area contributed by atoms with Gasteiger partial charge in [-0.1, -0.05) is 6.92 Å². The number of hydrogen-bond donors (Lipinski definition) is 0. The van der Waals surface area contributed by atoms with Gasteiger partial charge < -0.3 is 14.2 Å². The summed E-state index contributed by atoms with van der Waals surface area (Å²) in [5.41, 5.74) is 0. The van der Waals surface area contributed by atoms with E-state index in [2.05, 4.69) is 14.2 Å². The molecular weight excluding hydrogens is 152 g/mol. The van der Waals surface area contributed by atoms with Crippen LogP contribution in [0.25, 0.3) is 0 Å². The van der Waals surface area contributed by atoms with E-state index in [-0.39, 0.29) is 6.47 Å². The Morgan fingerprint density at radius 3 is 2.73 bits per heavy atom. The largest absolute Gasteiger partial charge is 0.511 e. The van der Waals surface area contributed by atoms with Crippen LogP contribution in [0, 0.1) is 0 Å². The first-order valence-electron chi connectivity index (χ1n) is 3.16. The molecule has 0 heterocycles. The van der Waals surface area contributed by atoms with Gasteiger partial charge in [-0.05, 0) is 6.42 Å². The Balaban J connectivity index is 3.15. The maximum absolute atomic E-state index is 10.4. The van der Waals surface area contributed by atoms with Gasteiger partial charge in [0.25, 0.3) is 6.47 Å². The van der Waals surface area contributed by atoms with E-state index in [0.717, 1.165) is 6.42 Å². The van der Waals surface area contributed by atoms with E-state index in [1.54, 1.807) is 0 Å². The van der Waals surface area contributed by atoms with Gasteiger partial charge in [0.15, 0.2) is 0 Å². The van der Waals surface area contributed by atoms with Crippen LogP contribution >= 0.6 is 0 Å². The van der Waals surface area contributed by atoms with Crippen molar-refractivity contribution in [2.45, 2.75) is 13.3 Å². The van der Waals surface area contributed by atoms with E-state index in [1.807, 2.05) is 6.92 Å². The first-order valence-corrected chi connectivity index (χ1v) is 3.16. The fourth-order valence-corrected chi connectivity index (χ4v) is 0.337. The minimum atomic E-state index is -0.825. The molecule has 0 aromatic heterocycles. The SMILES string of the molecule is CCCOC(=O)OCOC=O. The molecular formula is C6H10O5. The fraction of sp³-hybridized carbons (Fsp3) is 0.667. The van der Waals surface area contributed by atoms with E-state index in [0.29, 0.717) is 6.61 Å². The molecule has 0 aliphatic rings. The first kappa shape index (κ1) is 9.74. The molecule has 0 saturated heterocycles. The highest BCUT2D eigenvalue weighted by molar-refractivity contribution is 5.59. The number of hydrogen-bond acceptors (Lipinski definition) is 5. The third kappa shape index (κ3) is 6.63. The van der Waals surface area contributed by atoms with Crippen LogP contribution in [0.15, 0.2) is 0 Å². The van der Waals surface area contributed by atoms with Crippen molar-refractivity contribution in [3.63, 3.8) is 0 Å². The minimum absolute atomic E-state index is 0.188. The van der Waals surface area contributed by atoms with Crippen molar-refractivity contribution in [2.75, 3.05) is 13.4 Å². The Kier molecular flexibility index (Phi) is 6.07. The Morgan fingerprint density at radius 2 is 2.18 bits per heavy atom. The molecule has 0 saturated carbocycles. The van der Waals surface area contributed by atoms with Gasteiger partial charge in [0, 0.05) is 0 Å². The molecule has 0 aromatic carbocycles. The molecule has 0 spiro atoms. The summed E-state index contributed by atoms with van der Waals surface area (Å²) < 4.78 is 12.8. The summed E-state index contributed by atoms with van der Waals surface area (Å²) in [5, 5.41) is 0. The lowest BCUT2D eigenvalue weighted by molar-refractivity contribution is -0.137. The summed E-state index contributed by atoms with van der Waals surface area (Å²) in [6.07, 6.45) is -0.0994. The molecule has 0 atom stereocenters. The van der Waals surface area contributed by atoms with Crippen molar-refractivity contribution in [1.82, 2.24) is 0 Å². The predicted octanol–water partition coefficient (Wildman–Crippen LogP) is 0.680. The summed E-state index contributed by atoms with van der Waals surface area (Å²) in [6, 6.07) is 0. The van der Waals surface area contributed by atoms with Gasteiger partial charge in [-0.15, -0.1) is 0 Å². The second-order valence-electron chi connectivity index (χ2n) is 1.62. The van der Waals surface area contributed by atoms with Crippen molar-refractivity contribution in [3.05, 3.63) is 0 Å². The lowest BCUT2D eigenvalue weighted by atomic mass is 10.5. The van der Waals surface area contributed by atoms with Gasteiger partial charge in [0.2, 0.25) is 6.79 Å². The topological polar surface area (TPSA) is 61.8 Å². The molecule has 0 bridgehead atoms. The van der Waals surface area contributed by atoms with Crippen molar-refractivity contribution in [2.24, 2.45) is 0 Å². The zero-order valence-electron chi connectivity index (χ0n) is 6.24. The fourth-order valence-electron chi connectivity index (χ4n) is 0.337. The number of carbonyl (C=O) groups is 2. The molecule has 0 aliphatic heterocycles. The third-order valence-corrected chi connectivity index (χ3v) is 0.737. The van der Waals surface area contributed by atoms with Crippen LogP contribution in [0.5, 0.6) is 0 Å². The number of ether oxygens (including phenoxy) is 3. The minimum Gasteiger partial charge on any atom is -0.434 e. The number of carbonyl (C=O) groups excluding carboxylic acids is 2. The molecule has 5 nitrogen and oxygen atoms in total. The Hall–Kier alpha value is -1.26. The van der Waals surface area contributed by atoms with Crippen LogP contribution < -0.4 is 0 Å². The maximum atomic E-state index is 10.4. The van der Waals surface area contributed by atoms with E-state index >= 15 is 0 Å². The lowest BCUT2D eigenvalue weighted by Crippen LogP contribution is -2.10. The summed E-state index contributed by atoms with van der Waals surface area (Å²) >= 11 is 0. The van der Waals surface area contributed by atoms with E-state index in [1.165, 1.54) is 0 Å². The van der Waals surface area contributed by atoms with Gasteiger partial charge in [0.05, 0.1) is 6.61 Å². The predicted molar refractivity (Wildman–Crippen MR) is 34.7 cm³/mol. The zero-order chi connectivity index (χ0) is 8.53. The molecule has 64 valence electrons. The summed E-state index contributed by atoms with van der Waals surface area (Å²) in [7, 11) is 0. The van der Waals surface area contributed by atoms with Crippen LogP contribution in [0.3, 0.4) is 0 Å². The molecule has 0 N–H and O–H groups in total. The van der Waals surface area contributed by atoms with E-state index < -0.39 is 12.9 Å². The Bertz CT molecular complexity index is 122. The van der Waals surface area contributed by atoms with Crippen molar-refractivity contribution < 1.29 is 23.8 Å². The average molecular weight is 162 g/mol. The van der Waals surface area contributed by atoms with Gasteiger partial charge in [-0.3, -0.25) is 4.79 Å². The van der Waals surface area contributed by atoms with Crippen LogP contribution in [0.1, 0.15) is 13.3 Å². The first-order chi connectivity index (χ1) is 5.31. The Morgan fingerprint density at radius 1 is 1.45 bits per heavy atom. The Labute approximate surface area is 64.2 Å². The van der Waals surface area contributed by atoms with Crippen molar-refractivity contribution in [1.29, 1.82) is 0 Å². The van der Waals surface area contributed by atoms with Crippen LogP contribution in [-0.2, 0) is 19.0 Å². The van der Waals surface area contributed by atoms with Gasteiger partial charge in [0.1, 0.15) is 0 Å². The normalized spacial score (nSPS) is 8.45. The zero-order valence-corrected chi connectivity index (χ0v) is 6.24. The highest BCUT2D eigenvalue weighted by Gasteiger charge is 2.00. The number of rotatable bonds is 5. The molecule has 0 rings (SSSR count).